The summed E-state index contributed by atoms with van der Waals surface area (Å²) in [6.45, 7) is 3.24. The summed E-state index contributed by atoms with van der Waals surface area (Å²) in [7, 11) is 3.57. The van der Waals surface area contributed by atoms with Crippen molar-refractivity contribution < 1.29 is 9.13 Å². The van der Waals surface area contributed by atoms with Gasteiger partial charge >= 0.3 is 0 Å². The minimum Gasteiger partial charge on any atom is -0.497 e. The largest absolute Gasteiger partial charge is 0.497 e. The number of halogens is 1. The molecule has 6 nitrogen and oxygen atoms in total. The highest BCUT2D eigenvalue weighted by atomic mass is 19.1. The molecule has 1 N–H and O–H groups in total. The number of nitrogens with one attached hydrogen (secondary N) is 1. The van der Waals surface area contributed by atoms with E-state index >= 15 is 0 Å². The van der Waals surface area contributed by atoms with Crippen molar-refractivity contribution in [2.75, 3.05) is 7.11 Å². The van der Waals surface area contributed by atoms with Crippen molar-refractivity contribution >= 4 is 0 Å². The molecule has 2 aromatic heterocycles. The maximum Gasteiger partial charge on any atom is 0.123 e. The first-order valence-corrected chi connectivity index (χ1v) is 9.72. The molecule has 4 aromatic rings. The lowest BCUT2D eigenvalue weighted by Gasteiger charge is -2.04. The fourth-order valence-electron chi connectivity index (χ4n) is 3.33. The quantitative estimate of drug-likeness (QED) is 0.505. The number of benzene rings is 2. The van der Waals surface area contributed by atoms with Crippen molar-refractivity contribution in [3.05, 3.63) is 83.6 Å². The third kappa shape index (κ3) is 4.26. The van der Waals surface area contributed by atoms with Crippen LogP contribution in [0, 0.1) is 12.7 Å². The van der Waals surface area contributed by atoms with Gasteiger partial charge in [0.25, 0.3) is 0 Å². The summed E-state index contributed by atoms with van der Waals surface area (Å²) in [5.41, 5.74) is 5.45. The Bertz CT molecular complexity index is 1130. The first kappa shape index (κ1) is 19.8. The Hall–Kier alpha value is -3.45. The molecule has 2 aromatic carbocycles. The van der Waals surface area contributed by atoms with E-state index in [0.29, 0.717) is 13.1 Å². The van der Waals surface area contributed by atoms with Crippen molar-refractivity contribution in [3.8, 4) is 22.7 Å². The van der Waals surface area contributed by atoms with Crippen LogP contribution in [0.15, 0.2) is 60.8 Å². The average Bonchev–Trinajstić information content (AvgIpc) is 3.31. The minimum atomic E-state index is -0.283. The van der Waals surface area contributed by atoms with E-state index in [1.165, 1.54) is 12.1 Å². The maximum atomic E-state index is 13.8. The first-order valence-electron chi connectivity index (χ1n) is 9.72. The lowest BCUT2D eigenvalue weighted by atomic mass is 10.1. The predicted octanol–water partition coefficient (Wildman–Crippen LogP) is 4.02. The minimum absolute atomic E-state index is 0.283. The summed E-state index contributed by atoms with van der Waals surface area (Å²) in [5, 5.41) is 12.6. The summed E-state index contributed by atoms with van der Waals surface area (Å²) < 4.78 is 22.7. The second-order valence-corrected chi connectivity index (χ2v) is 7.16. The average molecular weight is 405 g/mol. The molecular formula is C23H24FN5O. The molecule has 7 heteroatoms. The molecule has 30 heavy (non-hydrogen) atoms. The maximum absolute atomic E-state index is 13.8. The molecule has 154 valence electrons. The lowest BCUT2D eigenvalue weighted by molar-refractivity contribution is 0.414. The van der Waals surface area contributed by atoms with E-state index in [-0.39, 0.29) is 5.82 Å². The molecule has 0 atom stereocenters. The summed E-state index contributed by atoms with van der Waals surface area (Å²) in [6.07, 6.45) is 1.97. The predicted molar refractivity (Wildman–Crippen MR) is 114 cm³/mol. The summed E-state index contributed by atoms with van der Waals surface area (Å²) in [6, 6.07) is 16.2. The second-order valence-electron chi connectivity index (χ2n) is 7.16. The summed E-state index contributed by atoms with van der Waals surface area (Å²) in [4.78, 5) is 0. The van der Waals surface area contributed by atoms with E-state index < -0.39 is 0 Å². The molecule has 4 rings (SSSR count). The van der Waals surface area contributed by atoms with Gasteiger partial charge in [0.2, 0.25) is 0 Å². The third-order valence-electron chi connectivity index (χ3n) is 5.01. The number of nitrogens with zero attached hydrogens (tertiary/aromatic N) is 4. The highest BCUT2D eigenvalue weighted by Crippen LogP contribution is 2.25. The highest BCUT2D eigenvalue weighted by molar-refractivity contribution is 5.63. The van der Waals surface area contributed by atoms with Crippen molar-refractivity contribution in [2.45, 2.75) is 20.0 Å². The fourth-order valence-corrected chi connectivity index (χ4v) is 3.33. The van der Waals surface area contributed by atoms with Crippen molar-refractivity contribution in [1.29, 1.82) is 0 Å². The highest BCUT2D eigenvalue weighted by Gasteiger charge is 2.13. The Morgan fingerprint density at radius 1 is 1.03 bits per heavy atom. The molecule has 0 radical (unpaired) electrons. The zero-order valence-corrected chi connectivity index (χ0v) is 17.3. The van der Waals surface area contributed by atoms with Crippen molar-refractivity contribution in [2.24, 2.45) is 7.05 Å². The molecule has 0 aliphatic carbocycles. The van der Waals surface area contributed by atoms with Crippen LogP contribution in [0.25, 0.3) is 16.9 Å². The van der Waals surface area contributed by atoms with E-state index in [2.05, 4.69) is 16.5 Å². The molecule has 0 aliphatic heterocycles. The Labute approximate surface area is 174 Å². The van der Waals surface area contributed by atoms with Crippen LogP contribution >= 0.6 is 0 Å². The van der Waals surface area contributed by atoms with Gasteiger partial charge in [-0.2, -0.15) is 10.2 Å². The van der Waals surface area contributed by atoms with Gasteiger partial charge in [-0.25, -0.2) is 9.07 Å². The molecule has 0 unspecified atom stereocenters. The fraction of sp³-hybridized carbons (Fsp3) is 0.217. The van der Waals surface area contributed by atoms with E-state index in [1.54, 1.807) is 13.2 Å². The topological polar surface area (TPSA) is 56.9 Å². The Balaban J connectivity index is 1.61. The van der Waals surface area contributed by atoms with Gasteiger partial charge in [-0.1, -0.05) is 12.1 Å². The second kappa shape index (κ2) is 8.51. The van der Waals surface area contributed by atoms with E-state index in [9.17, 15) is 4.39 Å². The molecule has 2 heterocycles. The zero-order chi connectivity index (χ0) is 21.1. The number of aromatic nitrogens is 4. The van der Waals surface area contributed by atoms with Gasteiger partial charge in [-0.15, -0.1) is 0 Å². The number of hydrogen-bond donors (Lipinski definition) is 1. The van der Waals surface area contributed by atoms with Gasteiger partial charge in [0.1, 0.15) is 11.6 Å². The number of ether oxygens (including phenoxy) is 1. The molecule has 0 saturated carbocycles. The summed E-state index contributed by atoms with van der Waals surface area (Å²) in [5.74, 6) is 0.498. The van der Waals surface area contributed by atoms with Gasteiger partial charge in [0.05, 0.1) is 24.2 Å². The SMILES string of the molecule is COc1ccc(-n2cc(CNCc3cc(C)n(C)n3)c(-c3cccc(F)c3)n2)cc1. The normalized spacial score (nSPS) is 11.1. The van der Waals surface area contributed by atoms with Crippen molar-refractivity contribution in [1.82, 2.24) is 24.9 Å². The Morgan fingerprint density at radius 2 is 1.83 bits per heavy atom. The molecular weight excluding hydrogens is 381 g/mol. The van der Waals surface area contributed by atoms with Gasteiger partial charge in [-0.3, -0.25) is 4.68 Å². The molecule has 0 aliphatic rings. The van der Waals surface area contributed by atoms with Crippen LogP contribution in [0.3, 0.4) is 0 Å². The van der Waals surface area contributed by atoms with Crippen LogP contribution in [0.1, 0.15) is 17.0 Å². The molecule has 0 spiro atoms. The lowest BCUT2D eigenvalue weighted by Crippen LogP contribution is -2.13. The van der Waals surface area contributed by atoms with E-state index in [1.807, 2.05) is 59.9 Å². The van der Waals surface area contributed by atoms with E-state index in [4.69, 9.17) is 9.84 Å². The third-order valence-corrected chi connectivity index (χ3v) is 5.01. The molecule has 0 saturated heterocycles. The Morgan fingerprint density at radius 3 is 2.50 bits per heavy atom. The molecule has 0 fully saturated rings. The number of methoxy groups -OCH3 is 1. The van der Waals surface area contributed by atoms with Crippen LogP contribution in [-0.2, 0) is 20.1 Å². The van der Waals surface area contributed by atoms with Gasteiger partial charge < -0.3 is 10.1 Å². The molecule has 0 bridgehead atoms. The van der Waals surface area contributed by atoms with Crippen LogP contribution < -0.4 is 10.1 Å². The van der Waals surface area contributed by atoms with Crippen molar-refractivity contribution in [3.63, 3.8) is 0 Å². The van der Waals surface area contributed by atoms with Crippen LogP contribution in [0.2, 0.25) is 0 Å². The smallest absolute Gasteiger partial charge is 0.123 e. The zero-order valence-electron chi connectivity index (χ0n) is 17.3. The Kier molecular flexibility index (Phi) is 5.63. The number of aryl methyl sites for hydroxylation is 2. The number of hydrogen-bond acceptors (Lipinski definition) is 4. The van der Waals surface area contributed by atoms with Crippen LogP contribution in [-0.4, -0.2) is 26.7 Å². The monoisotopic (exact) mass is 405 g/mol. The van der Waals surface area contributed by atoms with Gasteiger partial charge in [0.15, 0.2) is 0 Å². The molecule has 0 amide bonds. The van der Waals surface area contributed by atoms with Gasteiger partial charge in [0, 0.05) is 43.2 Å². The summed E-state index contributed by atoms with van der Waals surface area (Å²) >= 11 is 0. The standard InChI is InChI=1S/C23H24FN5O/c1-16-11-20(26-28(16)2)14-25-13-18-15-29(21-7-9-22(30-3)10-8-21)27-23(18)17-5-4-6-19(24)12-17/h4-12,15,25H,13-14H2,1-3H3. The van der Waals surface area contributed by atoms with Crippen LogP contribution in [0.5, 0.6) is 5.75 Å². The van der Waals surface area contributed by atoms with E-state index in [0.717, 1.165) is 39.6 Å². The van der Waals surface area contributed by atoms with Gasteiger partial charge in [-0.05, 0) is 49.4 Å². The number of rotatable bonds is 7. The van der Waals surface area contributed by atoms with Crippen LogP contribution in [0.4, 0.5) is 4.39 Å². The first-order chi connectivity index (χ1) is 14.5.